The van der Waals surface area contributed by atoms with E-state index in [1.165, 1.54) is 4.90 Å². The zero-order chi connectivity index (χ0) is 16.7. The summed E-state index contributed by atoms with van der Waals surface area (Å²) in [6.45, 7) is 7.77. The van der Waals surface area contributed by atoms with Gasteiger partial charge < -0.3 is 10.2 Å². The SMILES string of the molecule is CC[C@H](C)NC(=O)NC(=O)C[NH+]1CCN(c2cccc[nH+]2)CC1. The largest absolute Gasteiger partial charge is 0.335 e. The summed E-state index contributed by atoms with van der Waals surface area (Å²) >= 11 is 0. The second-order valence-corrected chi connectivity index (χ2v) is 5.99. The number of urea groups is 1. The molecule has 0 unspecified atom stereocenters. The monoisotopic (exact) mass is 321 g/mol. The number of aromatic amines is 1. The normalized spacial score (nSPS) is 16.7. The van der Waals surface area contributed by atoms with E-state index in [0.29, 0.717) is 6.54 Å². The molecule has 0 aliphatic carbocycles. The number of rotatable bonds is 5. The fourth-order valence-electron chi connectivity index (χ4n) is 2.58. The van der Waals surface area contributed by atoms with Crippen LogP contribution < -0.4 is 25.4 Å². The smallest absolute Gasteiger partial charge is 0.321 e. The molecule has 23 heavy (non-hydrogen) atoms. The number of H-pyrrole nitrogens is 1. The molecular weight excluding hydrogens is 294 g/mol. The first-order valence-corrected chi connectivity index (χ1v) is 8.24. The van der Waals surface area contributed by atoms with E-state index in [9.17, 15) is 9.59 Å². The summed E-state index contributed by atoms with van der Waals surface area (Å²) in [6, 6.07) is 5.69. The number of nitrogens with zero attached hydrogens (tertiary/aromatic N) is 1. The number of pyridine rings is 1. The van der Waals surface area contributed by atoms with Crippen LogP contribution in [0.4, 0.5) is 10.6 Å². The van der Waals surface area contributed by atoms with Gasteiger partial charge in [0.2, 0.25) is 0 Å². The number of quaternary nitrogens is 1. The van der Waals surface area contributed by atoms with Gasteiger partial charge in [-0.15, -0.1) is 0 Å². The lowest BCUT2D eigenvalue weighted by Crippen LogP contribution is -3.16. The maximum Gasteiger partial charge on any atom is 0.321 e. The molecule has 7 nitrogen and oxygen atoms in total. The lowest BCUT2D eigenvalue weighted by molar-refractivity contribution is -0.892. The van der Waals surface area contributed by atoms with Crippen LogP contribution in [0.3, 0.4) is 0 Å². The second-order valence-electron chi connectivity index (χ2n) is 5.99. The van der Waals surface area contributed by atoms with Gasteiger partial charge in [-0.3, -0.25) is 15.0 Å². The van der Waals surface area contributed by atoms with Crippen LogP contribution in [0.5, 0.6) is 0 Å². The Bertz CT molecular complexity index is 514. The van der Waals surface area contributed by atoms with Crippen LogP contribution in [0, 0.1) is 0 Å². The first-order chi connectivity index (χ1) is 11.1. The van der Waals surface area contributed by atoms with Crippen LogP contribution in [-0.2, 0) is 4.79 Å². The van der Waals surface area contributed by atoms with Crippen LogP contribution in [-0.4, -0.2) is 50.7 Å². The summed E-state index contributed by atoms with van der Waals surface area (Å²) in [7, 11) is 0. The third-order valence-electron chi connectivity index (χ3n) is 4.16. The van der Waals surface area contributed by atoms with Gasteiger partial charge in [0.25, 0.3) is 11.7 Å². The number of anilines is 1. The number of piperazine rings is 1. The molecule has 0 radical (unpaired) electrons. The fraction of sp³-hybridized carbons (Fsp3) is 0.562. The van der Waals surface area contributed by atoms with E-state index in [0.717, 1.165) is 38.4 Å². The van der Waals surface area contributed by atoms with Crippen LogP contribution >= 0.6 is 0 Å². The number of hydrogen-bond donors (Lipinski definition) is 3. The van der Waals surface area contributed by atoms with Crippen molar-refractivity contribution in [1.82, 2.24) is 10.6 Å². The number of carbonyl (C=O) groups excluding carboxylic acids is 2. The Hall–Kier alpha value is -2.15. The molecule has 1 aliphatic rings. The summed E-state index contributed by atoms with van der Waals surface area (Å²) in [4.78, 5) is 30.3. The Morgan fingerprint density at radius 1 is 1.35 bits per heavy atom. The van der Waals surface area contributed by atoms with Gasteiger partial charge in [0.1, 0.15) is 26.2 Å². The molecule has 0 aromatic carbocycles. The predicted molar refractivity (Wildman–Crippen MR) is 87.2 cm³/mol. The van der Waals surface area contributed by atoms with E-state index in [1.54, 1.807) is 0 Å². The van der Waals surface area contributed by atoms with Crippen LogP contribution in [0.2, 0.25) is 0 Å². The standard InChI is InChI=1S/C16H25N5O2/c1-3-13(2)18-16(23)19-15(22)12-20-8-10-21(11-9-20)14-6-4-5-7-17-14/h4-7,13H,3,8-12H2,1-2H3,(H2,18,19,22,23)/p+2/t13-/m0/s1. The first-order valence-electron chi connectivity index (χ1n) is 8.24. The highest BCUT2D eigenvalue weighted by Gasteiger charge is 2.27. The Balaban J connectivity index is 1.71. The molecule has 1 aromatic rings. The van der Waals surface area contributed by atoms with Gasteiger partial charge in [-0.05, 0) is 19.4 Å². The minimum atomic E-state index is -0.402. The van der Waals surface area contributed by atoms with Crippen molar-refractivity contribution in [2.24, 2.45) is 0 Å². The Labute approximate surface area is 137 Å². The van der Waals surface area contributed by atoms with Gasteiger partial charge in [0.15, 0.2) is 6.54 Å². The number of aromatic nitrogens is 1. The Morgan fingerprint density at radius 2 is 2.09 bits per heavy atom. The van der Waals surface area contributed by atoms with E-state index in [1.807, 2.05) is 32.2 Å². The summed E-state index contributed by atoms with van der Waals surface area (Å²) in [5, 5.41) is 5.14. The molecule has 126 valence electrons. The number of imide groups is 1. The molecule has 0 bridgehead atoms. The lowest BCUT2D eigenvalue weighted by atomic mass is 10.3. The van der Waals surface area contributed by atoms with Crippen molar-refractivity contribution in [3.63, 3.8) is 0 Å². The van der Waals surface area contributed by atoms with E-state index < -0.39 is 6.03 Å². The summed E-state index contributed by atoms with van der Waals surface area (Å²) in [6.07, 6.45) is 2.75. The van der Waals surface area contributed by atoms with E-state index in [-0.39, 0.29) is 11.9 Å². The van der Waals surface area contributed by atoms with Gasteiger partial charge in [-0.2, -0.15) is 0 Å². The van der Waals surface area contributed by atoms with Gasteiger partial charge >= 0.3 is 6.03 Å². The molecule has 1 aliphatic heterocycles. The minimum Gasteiger partial charge on any atom is -0.335 e. The van der Waals surface area contributed by atoms with E-state index in [4.69, 9.17) is 0 Å². The average molecular weight is 321 g/mol. The van der Waals surface area contributed by atoms with Crippen molar-refractivity contribution >= 4 is 17.8 Å². The number of carbonyl (C=O) groups is 2. The van der Waals surface area contributed by atoms with Crippen LogP contribution in [0.15, 0.2) is 24.4 Å². The lowest BCUT2D eigenvalue weighted by Gasteiger charge is -2.27. The Morgan fingerprint density at radius 3 is 2.70 bits per heavy atom. The Kier molecular flexibility index (Phi) is 6.34. The highest BCUT2D eigenvalue weighted by atomic mass is 16.2. The molecule has 0 saturated carbocycles. The van der Waals surface area contributed by atoms with Crippen molar-refractivity contribution in [3.8, 4) is 0 Å². The topological polar surface area (TPSA) is 80.0 Å². The van der Waals surface area contributed by atoms with Crippen molar-refractivity contribution in [3.05, 3.63) is 24.4 Å². The summed E-state index contributed by atoms with van der Waals surface area (Å²) in [5.74, 6) is 0.879. The second kappa shape index (κ2) is 8.47. The third kappa shape index (κ3) is 5.52. The molecule has 1 saturated heterocycles. The molecule has 1 aromatic heterocycles. The molecular formula is C16H27N5O2+2. The summed E-state index contributed by atoms with van der Waals surface area (Å²) < 4.78 is 0. The molecule has 4 N–H and O–H groups in total. The molecule has 0 spiro atoms. The summed E-state index contributed by atoms with van der Waals surface area (Å²) in [5.41, 5.74) is 0. The van der Waals surface area contributed by atoms with Crippen molar-refractivity contribution < 1.29 is 19.5 Å². The zero-order valence-electron chi connectivity index (χ0n) is 13.9. The van der Waals surface area contributed by atoms with Crippen LogP contribution in [0.25, 0.3) is 0 Å². The third-order valence-corrected chi connectivity index (χ3v) is 4.16. The maximum absolute atomic E-state index is 11.9. The van der Waals surface area contributed by atoms with Gasteiger partial charge in [0, 0.05) is 12.1 Å². The maximum atomic E-state index is 11.9. The molecule has 1 atom stereocenters. The van der Waals surface area contributed by atoms with Crippen molar-refractivity contribution in [2.75, 3.05) is 37.6 Å². The first kappa shape index (κ1) is 17.2. The number of hydrogen-bond acceptors (Lipinski definition) is 3. The number of nitrogens with one attached hydrogen (secondary N) is 4. The van der Waals surface area contributed by atoms with Gasteiger partial charge in [-0.1, -0.05) is 13.0 Å². The fourth-order valence-corrected chi connectivity index (χ4v) is 2.58. The molecule has 2 rings (SSSR count). The van der Waals surface area contributed by atoms with Crippen molar-refractivity contribution in [2.45, 2.75) is 26.3 Å². The van der Waals surface area contributed by atoms with Crippen LogP contribution in [0.1, 0.15) is 20.3 Å². The van der Waals surface area contributed by atoms with E-state index in [2.05, 4.69) is 26.6 Å². The molecule has 2 heterocycles. The highest BCUT2D eigenvalue weighted by Crippen LogP contribution is 2.04. The number of amides is 3. The average Bonchev–Trinajstić information content (AvgIpc) is 2.56. The predicted octanol–water partition coefficient (Wildman–Crippen LogP) is -1.17. The molecule has 7 heteroatoms. The van der Waals surface area contributed by atoms with Gasteiger partial charge in [-0.25, -0.2) is 9.78 Å². The quantitative estimate of drug-likeness (QED) is 0.639. The van der Waals surface area contributed by atoms with Crippen molar-refractivity contribution in [1.29, 1.82) is 0 Å². The molecule has 3 amide bonds. The van der Waals surface area contributed by atoms with E-state index >= 15 is 0 Å². The highest BCUT2D eigenvalue weighted by molar-refractivity contribution is 5.94. The molecule has 1 fully saturated rings. The minimum absolute atomic E-state index is 0.0702. The zero-order valence-corrected chi connectivity index (χ0v) is 13.9. The van der Waals surface area contributed by atoms with Gasteiger partial charge in [0.05, 0.1) is 6.20 Å².